The number of nitrogens with two attached hydrogens (primary N) is 1. The zero-order chi connectivity index (χ0) is 12.4. The van der Waals surface area contributed by atoms with E-state index >= 15 is 0 Å². The van der Waals surface area contributed by atoms with Gasteiger partial charge in [-0.2, -0.15) is 0 Å². The van der Waals surface area contributed by atoms with Crippen molar-refractivity contribution < 1.29 is 9.21 Å². The molecule has 0 aliphatic heterocycles. The predicted octanol–water partition coefficient (Wildman–Crippen LogP) is 3.64. The molecule has 6 heteroatoms. The molecule has 1 amide bonds. The zero-order valence-corrected chi connectivity index (χ0v) is 11.7. The largest absolute Gasteiger partial charge is 0.457 e. The smallest absolute Gasteiger partial charge is 0.260 e. The lowest BCUT2D eigenvalue weighted by Crippen LogP contribution is -2.11. The van der Waals surface area contributed by atoms with E-state index in [4.69, 9.17) is 10.2 Å². The van der Waals surface area contributed by atoms with Gasteiger partial charge in [-0.05, 0) is 56.1 Å². The Bertz CT molecular complexity index is 566. The summed E-state index contributed by atoms with van der Waals surface area (Å²) in [7, 11) is 0. The van der Waals surface area contributed by atoms with Gasteiger partial charge in [-0.15, -0.1) is 0 Å². The SMILES string of the molecule is Nc1ccc(NC(=O)c2ccoc2Br)cc1Br. The number of rotatable bonds is 2. The Labute approximate surface area is 114 Å². The molecule has 1 heterocycles. The van der Waals surface area contributed by atoms with Crippen LogP contribution in [0, 0.1) is 0 Å². The molecule has 0 saturated carbocycles. The minimum absolute atomic E-state index is 0.248. The van der Waals surface area contributed by atoms with Crippen LogP contribution in [-0.4, -0.2) is 5.91 Å². The molecular weight excluding hydrogens is 352 g/mol. The molecule has 0 unspecified atom stereocenters. The summed E-state index contributed by atoms with van der Waals surface area (Å²) in [5.74, 6) is -0.248. The van der Waals surface area contributed by atoms with Gasteiger partial charge < -0.3 is 15.5 Å². The highest BCUT2D eigenvalue weighted by Gasteiger charge is 2.12. The standard InChI is InChI=1S/C11H8Br2N2O2/c12-8-5-6(1-2-9(8)14)15-11(16)7-3-4-17-10(7)13/h1-5H,14H2,(H,15,16). The summed E-state index contributed by atoms with van der Waals surface area (Å²) in [6.07, 6.45) is 1.44. The van der Waals surface area contributed by atoms with E-state index in [9.17, 15) is 4.79 Å². The first-order valence-electron chi connectivity index (χ1n) is 4.67. The molecule has 1 aromatic heterocycles. The van der Waals surface area contributed by atoms with E-state index in [2.05, 4.69) is 37.2 Å². The molecule has 0 bridgehead atoms. The van der Waals surface area contributed by atoms with E-state index in [1.165, 1.54) is 6.26 Å². The van der Waals surface area contributed by atoms with Gasteiger partial charge in [0.15, 0.2) is 4.67 Å². The van der Waals surface area contributed by atoms with Crippen LogP contribution >= 0.6 is 31.9 Å². The average molecular weight is 360 g/mol. The summed E-state index contributed by atoms with van der Waals surface area (Å²) in [6, 6.07) is 6.77. The molecule has 17 heavy (non-hydrogen) atoms. The molecule has 1 aromatic carbocycles. The maximum absolute atomic E-state index is 11.8. The van der Waals surface area contributed by atoms with Crippen molar-refractivity contribution in [1.82, 2.24) is 0 Å². The van der Waals surface area contributed by atoms with E-state index in [-0.39, 0.29) is 5.91 Å². The molecule has 3 N–H and O–H groups in total. The molecule has 4 nitrogen and oxygen atoms in total. The third-order valence-electron chi connectivity index (χ3n) is 2.12. The number of nitrogen functional groups attached to an aromatic ring is 1. The molecule has 2 rings (SSSR count). The van der Waals surface area contributed by atoms with Crippen molar-refractivity contribution in [2.45, 2.75) is 0 Å². The van der Waals surface area contributed by atoms with Crippen LogP contribution in [0.3, 0.4) is 0 Å². The number of anilines is 2. The second-order valence-electron chi connectivity index (χ2n) is 3.30. The summed E-state index contributed by atoms with van der Waals surface area (Å²) < 4.78 is 6.14. The number of hydrogen-bond donors (Lipinski definition) is 2. The fourth-order valence-corrected chi connectivity index (χ4v) is 2.06. The fourth-order valence-electron chi connectivity index (χ4n) is 1.26. The van der Waals surface area contributed by atoms with Crippen molar-refractivity contribution in [3.05, 3.63) is 45.2 Å². The highest BCUT2D eigenvalue weighted by Crippen LogP contribution is 2.24. The first-order valence-corrected chi connectivity index (χ1v) is 6.26. The Balaban J connectivity index is 2.19. The summed E-state index contributed by atoms with van der Waals surface area (Å²) in [6.45, 7) is 0. The van der Waals surface area contributed by atoms with Gasteiger partial charge in [0.25, 0.3) is 5.91 Å². The van der Waals surface area contributed by atoms with Crippen LogP contribution in [0.1, 0.15) is 10.4 Å². The van der Waals surface area contributed by atoms with Crippen LogP contribution in [0.5, 0.6) is 0 Å². The van der Waals surface area contributed by atoms with E-state index in [0.717, 1.165) is 4.47 Å². The Morgan fingerprint density at radius 1 is 1.29 bits per heavy atom. The highest BCUT2D eigenvalue weighted by atomic mass is 79.9. The van der Waals surface area contributed by atoms with E-state index in [1.54, 1.807) is 24.3 Å². The lowest BCUT2D eigenvalue weighted by atomic mass is 10.2. The number of hydrogen-bond acceptors (Lipinski definition) is 3. The van der Waals surface area contributed by atoms with Gasteiger partial charge in [0.2, 0.25) is 0 Å². The van der Waals surface area contributed by atoms with Gasteiger partial charge in [0, 0.05) is 15.8 Å². The van der Waals surface area contributed by atoms with Crippen LogP contribution in [0.15, 0.2) is 44.1 Å². The fraction of sp³-hybridized carbons (Fsp3) is 0. The van der Waals surface area contributed by atoms with Crippen molar-refractivity contribution in [3.8, 4) is 0 Å². The number of halogens is 2. The monoisotopic (exact) mass is 358 g/mol. The van der Waals surface area contributed by atoms with Crippen LogP contribution in [0.25, 0.3) is 0 Å². The van der Waals surface area contributed by atoms with Crippen LogP contribution in [-0.2, 0) is 0 Å². The number of amides is 1. The van der Waals surface area contributed by atoms with Crippen molar-refractivity contribution in [1.29, 1.82) is 0 Å². The normalized spacial score (nSPS) is 10.2. The third kappa shape index (κ3) is 2.70. The molecule has 0 aliphatic rings. The number of carbonyl (C=O) groups excluding carboxylic acids is 1. The number of nitrogens with one attached hydrogen (secondary N) is 1. The lowest BCUT2D eigenvalue weighted by molar-refractivity contribution is 0.102. The van der Waals surface area contributed by atoms with Gasteiger partial charge in [0.1, 0.15) is 0 Å². The Morgan fingerprint density at radius 3 is 2.65 bits per heavy atom. The van der Waals surface area contributed by atoms with E-state index in [1.807, 2.05) is 0 Å². The summed E-state index contributed by atoms with van der Waals surface area (Å²) >= 11 is 6.44. The minimum Gasteiger partial charge on any atom is -0.457 e. The van der Waals surface area contributed by atoms with Crippen molar-refractivity contribution >= 4 is 49.1 Å². The minimum atomic E-state index is -0.248. The van der Waals surface area contributed by atoms with Crippen LogP contribution < -0.4 is 11.1 Å². The summed E-state index contributed by atoms with van der Waals surface area (Å²) in [5.41, 5.74) is 7.37. The first-order chi connectivity index (χ1) is 8.08. The Hall–Kier alpha value is -1.27. The van der Waals surface area contributed by atoms with Gasteiger partial charge >= 0.3 is 0 Å². The van der Waals surface area contributed by atoms with E-state index in [0.29, 0.717) is 21.6 Å². The topological polar surface area (TPSA) is 68.3 Å². The lowest BCUT2D eigenvalue weighted by Gasteiger charge is -2.05. The molecular formula is C11H8Br2N2O2. The van der Waals surface area contributed by atoms with Crippen molar-refractivity contribution in [2.24, 2.45) is 0 Å². The maximum atomic E-state index is 11.8. The molecule has 0 radical (unpaired) electrons. The van der Waals surface area contributed by atoms with Crippen molar-refractivity contribution in [3.63, 3.8) is 0 Å². The third-order valence-corrected chi connectivity index (χ3v) is 3.42. The Morgan fingerprint density at radius 2 is 2.06 bits per heavy atom. The van der Waals surface area contributed by atoms with Crippen molar-refractivity contribution in [2.75, 3.05) is 11.1 Å². The van der Waals surface area contributed by atoms with Crippen LogP contribution in [0.2, 0.25) is 0 Å². The van der Waals surface area contributed by atoms with Gasteiger partial charge in [-0.25, -0.2) is 0 Å². The highest BCUT2D eigenvalue weighted by molar-refractivity contribution is 9.10. The average Bonchev–Trinajstić information content (AvgIpc) is 2.70. The number of carbonyl (C=O) groups is 1. The zero-order valence-electron chi connectivity index (χ0n) is 8.54. The second kappa shape index (κ2) is 4.93. The molecule has 0 saturated heterocycles. The predicted molar refractivity (Wildman–Crippen MR) is 72.9 cm³/mol. The first kappa shape index (κ1) is 12.2. The second-order valence-corrected chi connectivity index (χ2v) is 4.87. The molecule has 0 fully saturated rings. The Kier molecular flexibility index (Phi) is 3.54. The molecule has 0 aliphatic carbocycles. The van der Waals surface area contributed by atoms with Crippen LogP contribution in [0.4, 0.5) is 11.4 Å². The van der Waals surface area contributed by atoms with Gasteiger partial charge in [0.05, 0.1) is 11.8 Å². The quantitative estimate of drug-likeness (QED) is 0.804. The molecule has 2 aromatic rings. The van der Waals surface area contributed by atoms with E-state index < -0.39 is 0 Å². The number of benzene rings is 1. The summed E-state index contributed by atoms with van der Waals surface area (Å²) in [4.78, 5) is 11.8. The molecule has 88 valence electrons. The summed E-state index contributed by atoms with van der Waals surface area (Å²) in [5, 5.41) is 2.74. The van der Waals surface area contributed by atoms with Gasteiger partial charge in [-0.3, -0.25) is 4.79 Å². The number of furan rings is 1. The molecule has 0 spiro atoms. The molecule has 0 atom stereocenters. The van der Waals surface area contributed by atoms with Gasteiger partial charge in [-0.1, -0.05) is 0 Å². The maximum Gasteiger partial charge on any atom is 0.260 e.